The van der Waals surface area contributed by atoms with Crippen LogP contribution in [0.4, 0.5) is 4.79 Å². The number of hydrogen-bond donors (Lipinski definition) is 2. The number of nitrogens with one attached hydrogen (secondary N) is 1. The van der Waals surface area contributed by atoms with Crippen LogP contribution in [0.1, 0.15) is 30.4 Å². The molecule has 1 aliphatic heterocycles. The van der Waals surface area contributed by atoms with Crippen LogP contribution in [0.2, 0.25) is 0 Å². The second kappa shape index (κ2) is 9.01. The maximum Gasteiger partial charge on any atom is 0.407 e. The van der Waals surface area contributed by atoms with Crippen molar-refractivity contribution in [2.75, 3.05) is 18.2 Å². The molecule has 1 fully saturated rings. The van der Waals surface area contributed by atoms with Crippen molar-refractivity contribution in [3.05, 3.63) is 59.7 Å². The van der Waals surface area contributed by atoms with Crippen LogP contribution in [-0.2, 0) is 14.3 Å². The van der Waals surface area contributed by atoms with Crippen LogP contribution in [0.25, 0.3) is 11.1 Å². The number of carboxylic acids is 1. The standard InChI is InChI=1S/C23H24N2O5S/c1-14(10-21(26)25-13-31-12-20(25)22(27)28)24-23(29)30-11-19-17-8-4-2-6-15(17)16-7-3-5-9-18(16)19/h2-9,14,19-20H,10-13H2,1H3,(H,24,29)(H,27,28)/t14-,20+/m1/s1. The van der Waals surface area contributed by atoms with Crippen LogP contribution >= 0.6 is 11.8 Å². The zero-order valence-electron chi connectivity index (χ0n) is 17.1. The normalized spacial score (nSPS) is 18.2. The number of fused-ring (bicyclic) bond motifs is 3. The van der Waals surface area contributed by atoms with Crippen LogP contribution in [0.5, 0.6) is 0 Å². The number of amides is 2. The minimum atomic E-state index is -1.00. The molecule has 2 amide bonds. The minimum absolute atomic E-state index is 0.0224. The lowest BCUT2D eigenvalue weighted by atomic mass is 9.98. The number of ether oxygens (including phenoxy) is 1. The molecule has 2 aliphatic rings. The van der Waals surface area contributed by atoms with Gasteiger partial charge in [0.1, 0.15) is 12.6 Å². The Bertz CT molecular complexity index is 965. The number of rotatable bonds is 6. The average molecular weight is 441 g/mol. The number of carboxylic acid groups (broad SMARTS) is 1. The van der Waals surface area contributed by atoms with Crippen molar-refractivity contribution in [2.24, 2.45) is 0 Å². The van der Waals surface area contributed by atoms with E-state index in [2.05, 4.69) is 29.6 Å². The molecular weight excluding hydrogens is 416 g/mol. The van der Waals surface area contributed by atoms with Gasteiger partial charge in [0.2, 0.25) is 5.91 Å². The Balaban J connectivity index is 1.32. The summed E-state index contributed by atoms with van der Waals surface area (Å²) < 4.78 is 5.50. The lowest BCUT2D eigenvalue weighted by Crippen LogP contribution is -2.44. The van der Waals surface area contributed by atoms with Gasteiger partial charge in [-0.3, -0.25) is 4.79 Å². The molecule has 2 aromatic carbocycles. The number of hydrogen-bond acceptors (Lipinski definition) is 5. The fraction of sp³-hybridized carbons (Fsp3) is 0.348. The third-order valence-electron chi connectivity index (χ3n) is 5.68. The van der Waals surface area contributed by atoms with Gasteiger partial charge in [-0.1, -0.05) is 48.5 Å². The summed E-state index contributed by atoms with van der Waals surface area (Å²) in [5, 5.41) is 11.9. The molecule has 7 nitrogen and oxygen atoms in total. The van der Waals surface area contributed by atoms with Crippen molar-refractivity contribution >= 4 is 29.7 Å². The van der Waals surface area contributed by atoms with E-state index in [-0.39, 0.29) is 24.9 Å². The Morgan fingerprint density at radius 1 is 1.13 bits per heavy atom. The Kier molecular flexibility index (Phi) is 6.18. The Morgan fingerprint density at radius 3 is 2.35 bits per heavy atom. The van der Waals surface area contributed by atoms with Gasteiger partial charge in [-0.05, 0) is 29.2 Å². The average Bonchev–Trinajstić information content (AvgIpc) is 3.36. The lowest BCUT2D eigenvalue weighted by Gasteiger charge is -2.23. The second-order valence-electron chi connectivity index (χ2n) is 7.79. The second-order valence-corrected chi connectivity index (χ2v) is 8.79. The molecule has 0 unspecified atom stereocenters. The first-order valence-electron chi connectivity index (χ1n) is 10.2. The number of aliphatic carboxylic acids is 1. The van der Waals surface area contributed by atoms with Crippen molar-refractivity contribution in [3.8, 4) is 11.1 Å². The number of benzene rings is 2. The summed E-state index contributed by atoms with van der Waals surface area (Å²) in [5.74, 6) is -0.588. The van der Waals surface area contributed by atoms with Gasteiger partial charge in [-0.2, -0.15) is 0 Å². The summed E-state index contributed by atoms with van der Waals surface area (Å²) >= 11 is 1.41. The van der Waals surface area contributed by atoms with Gasteiger partial charge < -0.3 is 20.1 Å². The number of thioether (sulfide) groups is 1. The molecule has 4 rings (SSSR count). The largest absolute Gasteiger partial charge is 0.480 e. The van der Waals surface area contributed by atoms with Gasteiger partial charge in [0.25, 0.3) is 0 Å². The third-order valence-corrected chi connectivity index (χ3v) is 6.69. The van der Waals surface area contributed by atoms with E-state index in [4.69, 9.17) is 4.74 Å². The predicted octanol–water partition coefficient (Wildman–Crippen LogP) is 3.29. The van der Waals surface area contributed by atoms with Crippen LogP contribution < -0.4 is 5.32 Å². The highest BCUT2D eigenvalue weighted by Crippen LogP contribution is 2.44. The SMILES string of the molecule is C[C@H](CC(=O)N1CSC[C@H]1C(=O)O)NC(=O)OCC1c2ccccc2-c2ccccc21. The quantitative estimate of drug-likeness (QED) is 0.716. The molecule has 0 spiro atoms. The van der Waals surface area contributed by atoms with Crippen molar-refractivity contribution in [1.29, 1.82) is 0 Å². The highest BCUT2D eigenvalue weighted by Gasteiger charge is 2.35. The van der Waals surface area contributed by atoms with Crippen molar-refractivity contribution in [2.45, 2.75) is 31.3 Å². The van der Waals surface area contributed by atoms with E-state index >= 15 is 0 Å². The van der Waals surface area contributed by atoms with Gasteiger partial charge in [0.05, 0.1) is 5.88 Å². The summed E-state index contributed by atoms with van der Waals surface area (Å²) in [7, 11) is 0. The molecule has 0 aromatic heterocycles. The van der Waals surface area contributed by atoms with Gasteiger partial charge in [0, 0.05) is 24.1 Å². The zero-order valence-corrected chi connectivity index (χ0v) is 17.9. The Labute approximate surface area is 184 Å². The van der Waals surface area contributed by atoms with E-state index in [0.717, 1.165) is 22.3 Å². The molecule has 0 saturated carbocycles. The van der Waals surface area contributed by atoms with E-state index in [9.17, 15) is 19.5 Å². The fourth-order valence-electron chi connectivity index (χ4n) is 4.16. The summed E-state index contributed by atoms with van der Waals surface area (Å²) in [6, 6.07) is 14.9. The highest BCUT2D eigenvalue weighted by atomic mass is 32.2. The topological polar surface area (TPSA) is 95.9 Å². The summed E-state index contributed by atoms with van der Waals surface area (Å²) in [6.07, 6.45) is -0.568. The lowest BCUT2D eigenvalue weighted by molar-refractivity contribution is -0.147. The van der Waals surface area contributed by atoms with Crippen LogP contribution in [0.15, 0.2) is 48.5 Å². The molecule has 162 valence electrons. The maximum atomic E-state index is 12.5. The number of carbonyl (C=O) groups is 3. The molecule has 1 aliphatic carbocycles. The molecule has 2 N–H and O–H groups in total. The summed E-state index contributed by atoms with van der Waals surface area (Å²) in [6.45, 7) is 1.91. The first-order valence-corrected chi connectivity index (χ1v) is 11.3. The van der Waals surface area contributed by atoms with E-state index in [1.165, 1.54) is 16.7 Å². The van der Waals surface area contributed by atoms with Crippen molar-refractivity contribution in [3.63, 3.8) is 0 Å². The third kappa shape index (κ3) is 4.39. The van der Waals surface area contributed by atoms with Crippen LogP contribution in [0.3, 0.4) is 0 Å². The minimum Gasteiger partial charge on any atom is -0.480 e. The first kappa shape index (κ1) is 21.2. The van der Waals surface area contributed by atoms with Crippen molar-refractivity contribution < 1.29 is 24.2 Å². The molecule has 0 bridgehead atoms. The Hall–Kier alpha value is -3.00. The van der Waals surface area contributed by atoms with E-state index in [0.29, 0.717) is 11.6 Å². The zero-order chi connectivity index (χ0) is 22.0. The predicted molar refractivity (Wildman–Crippen MR) is 118 cm³/mol. The van der Waals surface area contributed by atoms with E-state index < -0.39 is 24.1 Å². The van der Waals surface area contributed by atoms with Gasteiger partial charge >= 0.3 is 12.1 Å². The van der Waals surface area contributed by atoms with Crippen LogP contribution in [0, 0.1) is 0 Å². The monoisotopic (exact) mass is 440 g/mol. The smallest absolute Gasteiger partial charge is 0.407 e. The van der Waals surface area contributed by atoms with Crippen LogP contribution in [-0.4, -0.2) is 58.3 Å². The molecule has 31 heavy (non-hydrogen) atoms. The summed E-state index contributed by atoms with van der Waals surface area (Å²) in [5.41, 5.74) is 4.57. The molecule has 1 saturated heterocycles. The summed E-state index contributed by atoms with van der Waals surface area (Å²) in [4.78, 5) is 37.4. The molecule has 2 aromatic rings. The van der Waals surface area contributed by atoms with E-state index in [1.807, 2.05) is 24.3 Å². The Morgan fingerprint density at radius 2 is 1.74 bits per heavy atom. The number of alkyl carbamates (subject to hydrolysis) is 1. The molecule has 8 heteroatoms. The number of carbonyl (C=O) groups excluding carboxylic acids is 2. The highest BCUT2D eigenvalue weighted by molar-refractivity contribution is 7.99. The van der Waals surface area contributed by atoms with Gasteiger partial charge in [0.15, 0.2) is 0 Å². The molecular formula is C23H24N2O5S. The first-order chi connectivity index (χ1) is 15.0. The number of nitrogens with zero attached hydrogens (tertiary/aromatic N) is 1. The maximum absolute atomic E-state index is 12.5. The van der Waals surface area contributed by atoms with Gasteiger partial charge in [-0.15, -0.1) is 11.8 Å². The van der Waals surface area contributed by atoms with Crippen molar-refractivity contribution in [1.82, 2.24) is 10.2 Å². The molecule has 1 heterocycles. The van der Waals surface area contributed by atoms with Gasteiger partial charge in [-0.25, -0.2) is 9.59 Å². The fourth-order valence-corrected chi connectivity index (χ4v) is 5.34. The molecule has 0 radical (unpaired) electrons. The van der Waals surface area contributed by atoms with E-state index in [1.54, 1.807) is 6.92 Å². The molecule has 2 atom stereocenters.